The number of carbonyl (C=O) groups excluding carboxylic acids is 5. The highest BCUT2D eigenvalue weighted by molar-refractivity contribution is 6.36. The van der Waals surface area contributed by atoms with Gasteiger partial charge < -0.3 is 30.3 Å². The number of likely N-dealkylation sites (N-methyl/N-ethyl adjacent to an activating group) is 1. The Labute approximate surface area is 280 Å². The molecule has 1 aliphatic rings. The van der Waals surface area contributed by atoms with Gasteiger partial charge in [-0.2, -0.15) is 0 Å². The molecule has 1 aliphatic carbocycles. The molecule has 4 rings (SSSR count). The molecule has 1 aromatic carbocycles. The Bertz CT molecular complexity index is 1730. The molecule has 4 unspecified atom stereocenters. The summed E-state index contributed by atoms with van der Waals surface area (Å²) in [4.78, 5) is 77.9. The van der Waals surface area contributed by atoms with Crippen molar-refractivity contribution in [2.45, 2.75) is 97.2 Å². The normalized spacial score (nSPS) is 19.7. The van der Waals surface area contributed by atoms with E-state index in [9.17, 15) is 28.8 Å². The van der Waals surface area contributed by atoms with Crippen molar-refractivity contribution < 1.29 is 28.4 Å². The van der Waals surface area contributed by atoms with E-state index in [1.807, 2.05) is 6.07 Å². The number of ketones is 1. The number of anilines is 1. The summed E-state index contributed by atoms with van der Waals surface area (Å²) in [6.45, 7) is 7.95. The fourth-order valence-electron chi connectivity index (χ4n) is 7.08. The average Bonchev–Trinajstić information content (AvgIpc) is 3.40. The Morgan fingerprint density at radius 2 is 1.81 bits per heavy atom. The maximum Gasteiger partial charge on any atom is 0.287 e. The molecule has 0 bridgehead atoms. The molecule has 0 saturated heterocycles. The minimum Gasteiger partial charge on any atom is -0.451 e. The molecule has 0 aliphatic heterocycles. The van der Waals surface area contributed by atoms with Gasteiger partial charge in [-0.1, -0.05) is 58.2 Å². The Hall–Kier alpha value is -4.74. The van der Waals surface area contributed by atoms with E-state index in [2.05, 4.69) is 42.0 Å². The molecule has 12 nitrogen and oxygen atoms in total. The Balaban J connectivity index is 1.52. The smallest absolute Gasteiger partial charge is 0.287 e. The molecule has 4 atom stereocenters. The van der Waals surface area contributed by atoms with Crippen LogP contribution in [0.2, 0.25) is 0 Å². The molecule has 2 aromatic heterocycles. The van der Waals surface area contributed by atoms with E-state index in [1.165, 1.54) is 23.9 Å². The minimum absolute atomic E-state index is 0.00165. The third-order valence-corrected chi connectivity index (χ3v) is 9.48. The maximum atomic E-state index is 13.6. The number of carbonyl (C=O) groups is 5. The minimum atomic E-state index is -1.30. The van der Waals surface area contributed by atoms with E-state index in [0.717, 1.165) is 43.9 Å². The van der Waals surface area contributed by atoms with Gasteiger partial charge in [-0.15, -0.1) is 0 Å². The second kappa shape index (κ2) is 15.9. The lowest BCUT2D eigenvalue weighted by atomic mass is 9.66. The van der Waals surface area contributed by atoms with Gasteiger partial charge in [0.05, 0.1) is 0 Å². The van der Waals surface area contributed by atoms with E-state index < -0.39 is 35.1 Å². The number of pyridine rings is 1. The van der Waals surface area contributed by atoms with E-state index in [-0.39, 0.29) is 42.3 Å². The predicted octanol–water partition coefficient (Wildman–Crippen LogP) is 4.24. The van der Waals surface area contributed by atoms with Crippen molar-refractivity contribution in [2.24, 2.45) is 11.8 Å². The van der Waals surface area contributed by atoms with Crippen LogP contribution in [0.4, 0.5) is 5.69 Å². The first-order chi connectivity index (χ1) is 22.9. The lowest BCUT2D eigenvalue weighted by Crippen LogP contribution is -2.57. The summed E-state index contributed by atoms with van der Waals surface area (Å²) >= 11 is 0. The second-order valence-electron chi connectivity index (χ2n) is 12.9. The van der Waals surface area contributed by atoms with Crippen LogP contribution in [0.15, 0.2) is 51.8 Å². The molecule has 48 heavy (non-hydrogen) atoms. The fraction of sp³-hybridized carbons (Fsp3) is 0.500. The predicted molar refractivity (Wildman–Crippen MR) is 182 cm³/mol. The van der Waals surface area contributed by atoms with Crippen molar-refractivity contribution in [3.05, 3.63) is 64.3 Å². The highest BCUT2D eigenvalue weighted by Gasteiger charge is 2.42. The molecule has 0 radical (unpaired) electrons. The van der Waals surface area contributed by atoms with Crippen molar-refractivity contribution in [3.63, 3.8) is 0 Å². The molecular weight excluding hydrogens is 614 g/mol. The first-order valence-corrected chi connectivity index (χ1v) is 16.8. The molecule has 3 aromatic rings. The summed E-state index contributed by atoms with van der Waals surface area (Å²) in [5, 5.41) is 11.5. The molecule has 4 amide bonds. The number of fused-ring (bicyclic) bond motifs is 1. The van der Waals surface area contributed by atoms with Gasteiger partial charge in [0.15, 0.2) is 5.76 Å². The van der Waals surface area contributed by atoms with Gasteiger partial charge in [0.2, 0.25) is 17.6 Å². The number of hydrogen-bond donors (Lipinski definition) is 4. The van der Waals surface area contributed by atoms with Crippen LogP contribution >= 0.6 is 0 Å². The number of rotatable bonds is 14. The van der Waals surface area contributed by atoms with Crippen LogP contribution < -0.4 is 26.8 Å². The summed E-state index contributed by atoms with van der Waals surface area (Å²) in [7, 11) is 1.32. The van der Waals surface area contributed by atoms with Gasteiger partial charge in [-0.05, 0) is 62.6 Å². The van der Waals surface area contributed by atoms with Crippen LogP contribution in [-0.2, 0) is 25.7 Å². The number of amides is 4. The van der Waals surface area contributed by atoms with Gasteiger partial charge >= 0.3 is 0 Å². The van der Waals surface area contributed by atoms with Crippen LogP contribution in [0.3, 0.4) is 0 Å². The van der Waals surface area contributed by atoms with Gasteiger partial charge in [0, 0.05) is 36.2 Å². The first-order valence-electron chi connectivity index (χ1n) is 16.8. The topological polar surface area (TPSA) is 169 Å². The van der Waals surface area contributed by atoms with Crippen molar-refractivity contribution >= 4 is 46.1 Å². The van der Waals surface area contributed by atoms with Gasteiger partial charge in [-0.3, -0.25) is 28.8 Å². The number of aromatic nitrogens is 1. The average molecular weight is 662 g/mol. The van der Waals surface area contributed by atoms with Gasteiger partial charge in [0.1, 0.15) is 23.9 Å². The van der Waals surface area contributed by atoms with Crippen molar-refractivity contribution in [2.75, 3.05) is 12.4 Å². The zero-order chi connectivity index (χ0) is 35.0. The van der Waals surface area contributed by atoms with Gasteiger partial charge in [0.25, 0.3) is 17.4 Å². The van der Waals surface area contributed by atoms with Crippen LogP contribution in [0, 0.1) is 18.8 Å². The Morgan fingerprint density at radius 3 is 2.50 bits per heavy atom. The maximum absolute atomic E-state index is 13.6. The van der Waals surface area contributed by atoms with E-state index in [4.69, 9.17) is 4.42 Å². The summed E-state index contributed by atoms with van der Waals surface area (Å²) in [6.07, 6.45) is 6.72. The van der Waals surface area contributed by atoms with Gasteiger partial charge in [-0.25, -0.2) is 0 Å². The van der Waals surface area contributed by atoms with E-state index in [0.29, 0.717) is 23.0 Å². The number of hydrogen-bond acceptors (Lipinski definition) is 7. The van der Waals surface area contributed by atoms with Crippen molar-refractivity contribution in [1.82, 2.24) is 20.5 Å². The van der Waals surface area contributed by atoms with Crippen LogP contribution in [0.5, 0.6) is 0 Å². The molecule has 4 N–H and O–H groups in total. The van der Waals surface area contributed by atoms with Crippen LogP contribution in [-0.4, -0.2) is 52.6 Å². The lowest BCUT2D eigenvalue weighted by Gasteiger charge is -2.47. The zero-order valence-corrected chi connectivity index (χ0v) is 28.4. The van der Waals surface area contributed by atoms with Crippen LogP contribution in [0.1, 0.15) is 88.3 Å². The number of para-hydroxylation sites is 1. The third-order valence-electron chi connectivity index (χ3n) is 9.48. The molecule has 2 heterocycles. The summed E-state index contributed by atoms with van der Waals surface area (Å²) in [6, 6.07) is 8.75. The van der Waals surface area contributed by atoms with Crippen LogP contribution in [0.25, 0.3) is 11.0 Å². The number of aryl methyl sites for hydroxylation is 1. The third kappa shape index (κ3) is 8.21. The monoisotopic (exact) mass is 661 g/mol. The van der Waals surface area contributed by atoms with Crippen molar-refractivity contribution in [3.8, 4) is 0 Å². The standard InChI is InChI=1S/C36H47N5O7/c1-6-18-36(20-22(3)14-15-24(36)7-2)40-30(43)21-41-19-10-12-27(35(41)47)39-32(44)26(16-17-28(42)33(45)37-5)38-34(46)31-23(4)25-11-8-9-13-29(25)48-31/h8-13,19,22,24,26H,6-7,14-18,20-21H2,1-5H3,(H,37,45)(H,38,46)(H,39,44)(H,40,43). The number of Topliss-reactive ketones (excluding diaryl/α,β-unsaturated/α-hetero) is 1. The summed E-state index contributed by atoms with van der Waals surface area (Å²) in [5.41, 5.74) is 0.0289. The molecule has 0 spiro atoms. The Kier molecular flexibility index (Phi) is 12.0. The largest absolute Gasteiger partial charge is 0.451 e. The molecule has 258 valence electrons. The number of nitrogens with one attached hydrogen (secondary N) is 4. The van der Waals surface area contributed by atoms with Crippen molar-refractivity contribution in [1.29, 1.82) is 0 Å². The highest BCUT2D eigenvalue weighted by Crippen LogP contribution is 2.41. The number of nitrogens with zero attached hydrogens (tertiary/aromatic N) is 1. The fourth-order valence-corrected chi connectivity index (χ4v) is 7.08. The molecule has 12 heteroatoms. The molecule has 1 fully saturated rings. The number of furan rings is 1. The van der Waals surface area contributed by atoms with E-state index >= 15 is 0 Å². The Morgan fingerprint density at radius 1 is 1.06 bits per heavy atom. The number of benzene rings is 1. The zero-order valence-electron chi connectivity index (χ0n) is 28.4. The summed E-state index contributed by atoms with van der Waals surface area (Å²) in [5.74, 6) is -2.50. The molecular formula is C36H47N5O7. The molecule has 1 saturated carbocycles. The quantitative estimate of drug-likeness (QED) is 0.187. The summed E-state index contributed by atoms with van der Waals surface area (Å²) < 4.78 is 6.98. The second-order valence-corrected chi connectivity index (χ2v) is 12.9. The van der Waals surface area contributed by atoms with E-state index in [1.54, 1.807) is 31.2 Å². The lowest BCUT2D eigenvalue weighted by molar-refractivity contribution is -0.137. The SMILES string of the molecule is CCCC1(NC(=O)Cn2cccc(NC(=O)C(CCC(=O)C(=O)NC)NC(=O)c3oc4ccccc4c3C)c2=O)CC(C)CCC1CC. The first kappa shape index (κ1) is 36.1. The highest BCUT2D eigenvalue weighted by atomic mass is 16.3.